The number of ether oxygens (including phenoxy) is 1. The van der Waals surface area contributed by atoms with Gasteiger partial charge in [0.15, 0.2) is 0 Å². The standard InChI is InChI=1S/C73H129N2O7P/c1-7-10-13-16-19-22-25-27-29-31-33-34-35-36-37-38-39-40-42-44-46-48-51-54-57-60-63-66-73(77)82-71(64-61-58-55-52-49-24-21-18-15-12-9-3)70(69-81-83(78,79)80-68-67-75(4,5)6)74-72(76)65-62-59-56-53-50-47-45-43-41-32-30-28-26-23-20-17-14-11-8-2/h19-20,22-23,27-30,33-34,36-37,41,43,47,50,61,64,70-71H,7-18,21,24-26,31-32,35,38-40,42,44-46,48-49,51-60,62-63,65-69H2,1-6H3,(H-,74,76,78,79)/b22-19-,23-20-,29-27-,30-28-,34-33-,37-36-,43-41-,50-47-,64-61-. The summed E-state index contributed by atoms with van der Waals surface area (Å²) in [5.41, 5.74) is 0. The second-order valence-electron chi connectivity index (χ2n) is 24.0. The fraction of sp³-hybridized carbons (Fsp3) is 0.726. The molecule has 1 N–H and O–H groups in total. The molecule has 0 heterocycles. The summed E-state index contributed by atoms with van der Waals surface area (Å²) in [5.74, 6) is -0.583. The predicted octanol–water partition coefficient (Wildman–Crippen LogP) is 21.0. The topological polar surface area (TPSA) is 114 Å². The Balaban J connectivity index is 5.11. The van der Waals surface area contributed by atoms with Crippen molar-refractivity contribution in [1.29, 1.82) is 0 Å². The second kappa shape index (κ2) is 61.7. The van der Waals surface area contributed by atoms with Gasteiger partial charge in [-0.05, 0) is 122 Å². The van der Waals surface area contributed by atoms with E-state index in [9.17, 15) is 19.0 Å². The average molecular weight is 1180 g/mol. The largest absolute Gasteiger partial charge is 0.756 e. The lowest BCUT2D eigenvalue weighted by Gasteiger charge is -2.30. The van der Waals surface area contributed by atoms with Crippen LogP contribution in [0, 0.1) is 0 Å². The number of likely N-dealkylation sites (N-methyl/N-ethyl adjacent to an activating group) is 1. The molecule has 0 aliphatic carbocycles. The molecule has 1 amide bonds. The van der Waals surface area contributed by atoms with Gasteiger partial charge in [-0.3, -0.25) is 14.2 Å². The molecule has 0 fully saturated rings. The molecule has 0 rings (SSSR count). The molecule has 0 aromatic heterocycles. The van der Waals surface area contributed by atoms with Crippen molar-refractivity contribution in [3.63, 3.8) is 0 Å². The number of hydrogen-bond donors (Lipinski definition) is 1. The molecule has 0 aliphatic rings. The Morgan fingerprint density at radius 1 is 0.422 bits per heavy atom. The SMILES string of the molecule is CCCCC/C=C\C/C=C\C/C=C\C/C=C\CCCCCCCCCCCCCC(=O)OC(/C=C\CCCCCCCCCCC)C(COP(=O)([O-])OCC[N+](C)(C)C)NC(=O)CCCCC/C=C\C/C=C\C/C=C\C/C=C\CCCCC. The summed E-state index contributed by atoms with van der Waals surface area (Å²) in [4.78, 5) is 40.1. The van der Waals surface area contributed by atoms with E-state index in [1.165, 1.54) is 148 Å². The number of allylic oxidation sites excluding steroid dienone is 17. The fourth-order valence-corrected chi connectivity index (χ4v) is 10.1. The molecule has 3 unspecified atom stereocenters. The van der Waals surface area contributed by atoms with Crippen molar-refractivity contribution in [2.75, 3.05) is 40.9 Å². The molecule has 9 nitrogen and oxygen atoms in total. The Labute approximate surface area is 512 Å². The zero-order chi connectivity index (χ0) is 60.7. The van der Waals surface area contributed by atoms with E-state index in [1.807, 2.05) is 33.3 Å². The van der Waals surface area contributed by atoms with Gasteiger partial charge in [0, 0.05) is 12.8 Å². The van der Waals surface area contributed by atoms with Crippen molar-refractivity contribution in [3.05, 3.63) is 109 Å². The third kappa shape index (κ3) is 63.0. The number of carbonyl (C=O) groups excluding carboxylic acids is 2. The van der Waals surface area contributed by atoms with E-state index in [0.717, 1.165) is 103 Å². The molecule has 0 saturated carbocycles. The van der Waals surface area contributed by atoms with Gasteiger partial charge in [-0.25, -0.2) is 0 Å². The number of nitrogens with zero attached hydrogens (tertiary/aromatic N) is 1. The summed E-state index contributed by atoms with van der Waals surface area (Å²) in [6.07, 6.45) is 84.9. The smallest absolute Gasteiger partial charge is 0.306 e. The van der Waals surface area contributed by atoms with Crippen LogP contribution in [0.15, 0.2) is 109 Å². The summed E-state index contributed by atoms with van der Waals surface area (Å²) in [5, 5.41) is 3.01. The van der Waals surface area contributed by atoms with E-state index in [2.05, 4.69) is 123 Å². The van der Waals surface area contributed by atoms with Gasteiger partial charge in [0.25, 0.3) is 7.82 Å². The van der Waals surface area contributed by atoms with E-state index in [0.29, 0.717) is 17.4 Å². The maximum Gasteiger partial charge on any atom is 0.306 e. The first-order valence-corrected chi connectivity index (χ1v) is 35.7. The lowest BCUT2D eigenvalue weighted by Crippen LogP contribution is -2.47. The predicted molar refractivity (Wildman–Crippen MR) is 357 cm³/mol. The summed E-state index contributed by atoms with van der Waals surface area (Å²) >= 11 is 0. The van der Waals surface area contributed by atoms with E-state index in [1.54, 1.807) is 0 Å². The molecule has 10 heteroatoms. The first-order valence-electron chi connectivity index (χ1n) is 34.2. The van der Waals surface area contributed by atoms with Crippen LogP contribution in [-0.2, 0) is 27.9 Å². The summed E-state index contributed by atoms with van der Waals surface area (Å²) in [6.45, 7) is 6.76. The monoisotopic (exact) mass is 1180 g/mol. The van der Waals surface area contributed by atoms with Crippen LogP contribution in [0.5, 0.6) is 0 Å². The van der Waals surface area contributed by atoms with Crippen LogP contribution in [0.1, 0.15) is 290 Å². The summed E-state index contributed by atoms with van der Waals surface area (Å²) in [7, 11) is 1.15. The Bertz CT molecular complexity index is 1790. The number of phosphoric ester groups is 1. The quantitative estimate of drug-likeness (QED) is 0.0212. The van der Waals surface area contributed by atoms with Crippen molar-refractivity contribution in [3.8, 4) is 0 Å². The molecule has 83 heavy (non-hydrogen) atoms. The van der Waals surface area contributed by atoms with Crippen molar-refractivity contribution < 1.29 is 37.3 Å². The van der Waals surface area contributed by atoms with E-state index in [-0.39, 0.29) is 31.3 Å². The van der Waals surface area contributed by atoms with Crippen molar-refractivity contribution >= 4 is 19.7 Å². The Kier molecular flexibility index (Phi) is 59.3. The third-order valence-electron chi connectivity index (χ3n) is 14.7. The lowest BCUT2D eigenvalue weighted by molar-refractivity contribution is -0.870. The molecular weight excluding hydrogens is 1050 g/mol. The van der Waals surface area contributed by atoms with Gasteiger partial charge in [0.2, 0.25) is 5.91 Å². The number of phosphoric acid groups is 1. The normalized spacial score (nSPS) is 14.3. The van der Waals surface area contributed by atoms with Crippen LogP contribution in [-0.4, -0.2) is 69.4 Å². The molecular formula is C73H129N2O7P. The molecule has 0 aliphatic heterocycles. The third-order valence-corrected chi connectivity index (χ3v) is 15.6. The molecule has 0 aromatic rings. The number of rotatable bonds is 61. The minimum atomic E-state index is -4.72. The van der Waals surface area contributed by atoms with Gasteiger partial charge in [0.1, 0.15) is 19.3 Å². The fourth-order valence-electron chi connectivity index (χ4n) is 9.37. The molecule has 0 saturated heterocycles. The first kappa shape index (κ1) is 79.7. The summed E-state index contributed by atoms with van der Waals surface area (Å²) < 4.78 is 30.4. The Morgan fingerprint density at radius 2 is 0.735 bits per heavy atom. The van der Waals surface area contributed by atoms with Gasteiger partial charge in [0.05, 0.1) is 33.8 Å². The van der Waals surface area contributed by atoms with Crippen LogP contribution in [0.4, 0.5) is 0 Å². The van der Waals surface area contributed by atoms with Crippen molar-refractivity contribution in [1.82, 2.24) is 5.32 Å². The second-order valence-corrected chi connectivity index (χ2v) is 25.4. The number of nitrogens with one attached hydrogen (secondary N) is 1. The molecule has 0 radical (unpaired) electrons. The van der Waals surface area contributed by atoms with Crippen molar-refractivity contribution in [2.24, 2.45) is 0 Å². The van der Waals surface area contributed by atoms with Crippen LogP contribution < -0.4 is 10.2 Å². The number of hydrogen-bond acceptors (Lipinski definition) is 7. The first-order chi connectivity index (χ1) is 40.4. The van der Waals surface area contributed by atoms with Gasteiger partial charge in [-0.15, -0.1) is 0 Å². The van der Waals surface area contributed by atoms with Crippen molar-refractivity contribution in [2.45, 2.75) is 303 Å². The van der Waals surface area contributed by atoms with Crippen LogP contribution in [0.25, 0.3) is 0 Å². The number of carbonyl (C=O) groups is 2. The van der Waals surface area contributed by atoms with Crippen LogP contribution >= 0.6 is 7.82 Å². The van der Waals surface area contributed by atoms with E-state index < -0.39 is 26.6 Å². The highest BCUT2D eigenvalue weighted by Gasteiger charge is 2.27. The Hall–Kier alpha value is -3.33. The summed E-state index contributed by atoms with van der Waals surface area (Å²) in [6, 6.07) is -0.913. The zero-order valence-electron chi connectivity index (χ0n) is 54.6. The molecule has 0 spiro atoms. The average Bonchev–Trinajstić information content (AvgIpc) is 3.51. The molecule has 478 valence electrons. The van der Waals surface area contributed by atoms with Gasteiger partial charge < -0.3 is 28.5 Å². The number of unbranched alkanes of at least 4 members (excludes halogenated alkanes) is 29. The van der Waals surface area contributed by atoms with E-state index in [4.69, 9.17) is 13.8 Å². The number of esters is 1. The highest BCUT2D eigenvalue weighted by atomic mass is 31.2. The molecule has 0 aromatic carbocycles. The highest BCUT2D eigenvalue weighted by Crippen LogP contribution is 2.38. The number of amides is 1. The minimum Gasteiger partial charge on any atom is -0.756 e. The van der Waals surface area contributed by atoms with E-state index >= 15 is 0 Å². The van der Waals surface area contributed by atoms with Crippen LogP contribution in [0.2, 0.25) is 0 Å². The lowest BCUT2D eigenvalue weighted by atomic mass is 10.0. The molecule has 3 atom stereocenters. The Morgan fingerprint density at radius 3 is 1.13 bits per heavy atom. The highest BCUT2D eigenvalue weighted by molar-refractivity contribution is 7.45. The maximum absolute atomic E-state index is 13.5. The number of quaternary nitrogens is 1. The van der Waals surface area contributed by atoms with Gasteiger partial charge >= 0.3 is 5.97 Å². The van der Waals surface area contributed by atoms with Gasteiger partial charge in [-0.1, -0.05) is 265 Å². The van der Waals surface area contributed by atoms with Gasteiger partial charge in [-0.2, -0.15) is 0 Å². The zero-order valence-corrected chi connectivity index (χ0v) is 55.5. The van der Waals surface area contributed by atoms with Crippen LogP contribution in [0.3, 0.4) is 0 Å². The maximum atomic E-state index is 13.5. The molecule has 0 bridgehead atoms. The minimum absolute atomic E-state index is 0.0340.